The molecule has 0 spiro atoms. The number of rotatable bonds is 5. The number of hydrogen-bond donors (Lipinski definition) is 2. The molecule has 0 bridgehead atoms. The third-order valence-corrected chi connectivity index (χ3v) is 7.63. The average molecular weight is 483 g/mol. The fourth-order valence-corrected chi connectivity index (χ4v) is 5.87. The van der Waals surface area contributed by atoms with E-state index in [-0.39, 0.29) is 11.6 Å². The van der Waals surface area contributed by atoms with Gasteiger partial charge in [-0.2, -0.15) is 0 Å². The number of hydrogen-bond acceptors (Lipinski definition) is 5. The molecule has 1 unspecified atom stereocenters. The van der Waals surface area contributed by atoms with Crippen molar-refractivity contribution >= 4 is 23.0 Å². The van der Waals surface area contributed by atoms with Gasteiger partial charge in [0, 0.05) is 36.0 Å². The lowest BCUT2D eigenvalue weighted by atomic mass is 9.76. The van der Waals surface area contributed by atoms with Gasteiger partial charge in [0.25, 0.3) is 0 Å². The zero-order valence-electron chi connectivity index (χ0n) is 20.9. The highest BCUT2D eigenvalue weighted by molar-refractivity contribution is 6.39. The molecule has 2 aliphatic heterocycles. The molecule has 6 heteroatoms. The standard InChI is InChI=1S/C30H31N3O3/c1-18-10-11-24-22(15-18)32-28-25(36-24)16-23(31-12-6-14-33-13-5-7-19(2)17-33)26-27(28)30(35)21-9-4-3-8-20(21)29(26)34/h3-4,8-11,15-16,19,25,31H,5-7,12-14,17H2,1-2H3/p+1/t19-,25?/m1/s1. The number of nitrogens with zero attached hydrogens (tertiary/aromatic N) is 1. The molecule has 2 aromatic carbocycles. The average Bonchev–Trinajstić information content (AvgIpc) is 2.88. The molecule has 2 aromatic rings. The topological polar surface area (TPSA) is 72.6 Å². The third kappa shape index (κ3) is 3.99. The van der Waals surface area contributed by atoms with Crippen LogP contribution in [0.25, 0.3) is 0 Å². The first-order chi connectivity index (χ1) is 17.5. The Morgan fingerprint density at radius 2 is 1.86 bits per heavy atom. The molecule has 1 fully saturated rings. The van der Waals surface area contributed by atoms with Crippen LogP contribution in [0.5, 0.6) is 5.75 Å². The molecule has 2 aliphatic carbocycles. The Hall–Kier alpha value is -3.51. The predicted molar refractivity (Wildman–Crippen MR) is 139 cm³/mol. The zero-order valence-corrected chi connectivity index (χ0v) is 20.9. The second-order valence-electron chi connectivity index (χ2n) is 10.4. The number of carbonyl (C=O) groups excluding carboxylic acids is 2. The normalized spacial score (nSPS) is 23.1. The Bertz CT molecular complexity index is 1350. The Kier molecular flexibility index (Phi) is 5.84. The van der Waals surface area contributed by atoms with Crippen molar-refractivity contribution in [3.05, 3.63) is 82.1 Å². The molecule has 0 radical (unpaired) electrons. The molecule has 2 atom stereocenters. The summed E-state index contributed by atoms with van der Waals surface area (Å²) in [4.78, 5) is 33.4. The first kappa shape index (κ1) is 22.9. The van der Waals surface area contributed by atoms with Crippen LogP contribution in [0.3, 0.4) is 0 Å². The molecule has 1 saturated heterocycles. The summed E-state index contributed by atoms with van der Waals surface area (Å²) in [6, 6.07) is 13.1. The minimum atomic E-state index is -0.466. The summed E-state index contributed by atoms with van der Waals surface area (Å²) in [6.45, 7) is 8.40. The van der Waals surface area contributed by atoms with Gasteiger partial charge in [0.2, 0.25) is 23.3 Å². The largest absolute Gasteiger partial charge is 0.468 e. The summed E-state index contributed by atoms with van der Waals surface area (Å²) in [7, 11) is 0. The van der Waals surface area contributed by atoms with Crippen molar-refractivity contribution < 1.29 is 19.3 Å². The van der Waals surface area contributed by atoms with E-state index in [4.69, 9.17) is 4.74 Å². The highest BCUT2D eigenvalue weighted by Crippen LogP contribution is 2.36. The van der Waals surface area contributed by atoms with Gasteiger partial charge < -0.3 is 15.0 Å². The van der Waals surface area contributed by atoms with Crippen molar-refractivity contribution in [3.8, 4) is 5.75 Å². The van der Waals surface area contributed by atoms with Crippen molar-refractivity contribution in [2.45, 2.75) is 39.2 Å². The van der Waals surface area contributed by atoms with Gasteiger partial charge in [0.05, 0.1) is 5.57 Å². The first-order valence-electron chi connectivity index (χ1n) is 13.0. The van der Waals surface area contributed by atoms with Crippen LogP contribution in [0.1, 0.15) is 52.5 Å². The summed E-state index contributed by atoms with van der Waals surface area (Å²) >= 11 is 0. The maximum absolute atomic E-state index is 13.8. The fraction of sp³-hybridized carbons (Fsp3) is 0.367. The highest BCUT2D eigenvalue weighted by atomic mass is 16.5. The van der Waals surface area contributed by atoms with Gasteiger partial charge in [0.15, 0.2) is 11.5 Å². The van der Waals surface area contributed by atoms with Crippen LogP contribution in [0.15, 0.2) is 65.4 Å². The second-order valence-corrected chi connectivity index (χ2v) is 10.4. The van der Waals surface area contributed by atoms with Crippen LogP contribution in [0, 0.1) is 12.8 Å². The van der Waals surface area contributed by atoms with Gasteiger partial charge in [0.1, 0.15) is 5.57 Å². The van der Waals surface area contributed by atoms with Crippen LogP contribution in [0.2, 0.25) is 0 Å². The Morgan fingerprint density at radius 3 is 2.64 bits per heavy atom. The Balaban J connectivity index is 1.33. The van der Waals surface area contributed by atoms with Gasteiger partial charge >= 0.3 is 0 Å². The van der Waals surface area contributed by atoms with Crippen LogP contribution in [-0.4, -0.2) is 54.5 Å². The molecule has 6 rings (SSSR count). The van der Waals surface area contributed by atoms with E-state index >= 15 is 0 Å². The summed E-state index contributed by atoms with van der Waals surface area (Å²) in [5.41, 5.74) is 5.02. The quantitative estimate of drug-likeness (QED) is 0.642. The number of carbonyl (C=O) groups is 2. The SMILES string of the molecule is Cc1ccc2c(c1)[NH+]=C1C3=C(C(=O)c4ccccc4C3=O)C(NCCCN3CCC[C@@H](C)C3)=CC1O2. The maximum Gasteiger partial charge on any atom is 0.246 e. The third-order valence-electron chi connectivity index (χ3n) is 7.63. The molecule has 4 aliphatic rings. The molecule has 6 nitrogen and oxygen atoms in total. The van der Waals surface area contributed by atoms with E-state index in [0.29, 0.717) is 33.7 Å². The number of likely N-dealkylation sites (tertiary alicyclic amines) is 1. The van der Waals surface area contributed by atoms with Crippen molar-refractivity contribution in [2.75, 3.05) is 26.2 Å². The molecule has 2 heterocycles. The number of ketones is 2. The van der Waals surface area contributed by atoms with Crippen LogP contribution >= 0.6 is 0 Å². The molecule has 2 N–H and O–H groups in total. The molecule has 0 aromatic heterocycles. The van der Waals surface area contributed by atoms with Crippen molar-refractivity contribution in [3.63, 3.8) is 0 Å². The molecule has 184 valence electrons. The lowest BCUT2D eigenvalue weighted by molar-refractivity contribution is -0.363. The fourth-order valence-electron chi connectivity index (χ4n) is 5.87. The monoisotopic (exact) mass is 482 g/mol. The second kappa shape index (κ2) is 9.17. The number of nitrogens with one attached hydrogen (secondary N) is 2. The van der Waals surface area contributed by atoms with Gasteiger partial charge in [-0.05, 0) is 62.9 Å². The summed E-state index contributed by atoms with van der Waals surface area (Å²) < 4.78 is 6.33. The number of Topliss-reactive ketones (excluding diaryl/α,β-unsaturated/α-hetero) is 2. The van der Waals surface area contributed by atoms with E-state index in [1.807, 2.05) is 37.3 Å². The van der Waals surface area contributed by atoms with E-state index in [2.05, 4.69) is 22.1 Å². The van der Waals surface area contributed by atoms with Gasteiger partial charge in [-0.15, -0.1) is 0 Å². The molecular weight excluding hydrogens is 450 g/mol. The minimum Gasteiger partial charge on any atom is -0.468 e. The smallest absolute Gasteiger partial charge is 0.246 e. The lowest BCUT2D eigenvalue weighted by Gasteiger charge is -2.32. The van der Waals surface area contributed by atoms with Gasteiger partial charge in [-0.3, -0.25) is 9.59 Å². The predicted octanol–water partition coefficient (Wildman–Crippen LogP) is 2.89. The van der Waals surface area contributed by atoms with E-state index in [0.717, 1.165) is 55.5 Å². The number of piperidine rings is 1. The van der Waals surface area contributed by atoms with Gasteiger partial charge in [-0.25, -0.2) is 4.99 Å². The van der Waals surface area contributed by atoms with E-state index in [1.165, 1.54) is 12.8 Å². The number of fused-ring (bicyclic) bond motifs is 4. The molecule has 0 saturated carbocycles. The van der Waals surface area contributed by atoms with Crippen molar-refractivity contribution in [1.29, 1.82) is 0 Å². The molecule has 36 heavy (non-hydrogen) atoms. The molecular formula is C30H32N3O3+. The molecule has 0 amide bonds. The Morgan fingerprint density at radius 1 is 1.08 bits per heavy atom. The van der Waals surface area contributed by atoms with Crippen molar-refractivity contribution in [1.82, 2.24) is 10.2 Å². The van der Waals surface area contributed by atoms with Crippen molar-refractivity contribution in [2.24, 2.45) is 5.92 Å². The summed E-state index contributed by atoms with van der Waals surface area (Å²) in [5, 5.41) is 3.50. The lowest BCUT2D eigenvalue weighted by Crippen LogP contribution is -2.73. The van der Waals surface area contributed by atoms with E-state index in [9.17, 15) is 9.59 Å². The number of allylic oxidation sites excluding steroid dienone is 1. The first-order valence-corrected chi connectivity index (χ1v) is 13.0. The number of aryl methyl sites for hydroxylation is 1. The van der Waals surface area contributed by atoms with Crippen LogP contribution < -0.4 is 15.0 Å². The van der Waals surface area contributed by atoms with E-state index in [1.54, 1.807) is 18.2 Å². The summed E-state index contributed by atoms with van der Waals surface area (Å²) in [5.74, 6) is 1.24. The van der Waals surface area contributed by atoms with Crippen LogP contribution in [0.4, 0.5) is 5.69 Å². The zero-order chi connectivity index (χ0) is 24.8. The Labute approximate surface area is 211 Å². The van der Waals surface area contributed by atoms with Crippen LogP contribution in [-0.2, 0) is 0 Å². The maximum atomic E-state index is 13.8. The highest BCUT2D eigenvalue weighted by Gasteiger charge is 2.46. The number of benzene rings is 2. The summed E-state index contributed by atoms with van der Waals surface area (Å²) in [6.07, 6.45) is 5.02. The number of ether oxygens (including phenoxy) is 1. The minimum absolute atomic E-state index is 0.119. The van der Waals surface area contributed by atoms with Gasteiger partial charge in [-0.1, -0.05) is 37.3 Å². The van der Waals surface area contributed by atoms with E-state index < -0.39 is 6.10 Å².